The lowest BCUT2D eigenvalue weighted by atomic mass is 10.1. The zero-order valence-electron chi connectivity index (χ0n) is 7.62. The minimum Gasteiger partial charge on any atom is -0.303 e. The molecule has 0 saturated carbocycles. The zero-order valence-corrected chi connectivity index (χ0v) is 8.43. The first-order valence-corrected chi connectivity index (χ1v) is 5.25. The van der Waals surface area contributed by atoms with Gasteiger partial charge in [0.15, 0.2) is 0 Å². The molecule has 1 heterocycles. The molecule has 1 aliphatic heterocycles. The van der Waals surface area contributed by atoms with Crippen molar-refractivity contribution in [2.75, 3.05) is 6.61 Å². The second kappa shape index (κ2) is 3.70. The normalized spacial score (nSPS) is 20.3. The van der Waals surface area contributed by atoms with E-state index in [1.54, 1.807) is 0 Å². The van der Waals surface area contributed by atoms with Crippen LogP contribution in [-0.2, 0) is 11.3 Å². The molecule has 0 saturated heterocycles. The highest BCUT2D eigenvalue weighted by atomic mass is 32.2. The summed E-state index contributed by atoms with van der Waals surface area (Å²) >= 11 is 1.86. The van der Waals surface area contributed by atoms with Crippen LogP contribution in [0.4, 0.5) is 0 Å². The standard InChI is InChI=1S/C10H13NOS/c1-7-2-3-10-8(4-7)5-9(13-10)6-12-11/h2-4,9H,5-6,11H2,1H3. The summed E-state index contributed by atoms with van der Waals surface area (Å²) in [6.45, 7) is 2.76. The Hall–Kier alpha value is -0.510. The maximum atomic E-state index is 5.06. The van der Waals surface area contributed by atoms with Gasteiger partial charge in [-0.1, -0.05) is 17.7 Å². The highest BCUT2D eigenvalue weighted by Gasteiger charge is 2.21. The van der Waals surface area contributed by atoms with Crippen molar-refractivity contribution in [1.29, 1.82) is 0 Å². The molecular formula is C10H13NOS. The maximum Gasteiger partial charge on any atom is 0.0804 e. The first kappa shape index (κ1) is 9.06. The molecule has 1 aromatic carbocycles. The van der Waals surface area contributed by atoms with Crippen molar-refractivity contribution in [3.63, 3.8) is 0 Å². The Balaban J connectivity index is 2.16. The van der Waals surface area contributed by atoms with E-state index in [1.165, 1.54) is 16.0 Å². The lowest BCUT2D eigenvalue weighted by molar-refractivity contribution is 0.139. The third kappa shape index (κ3) is 1.88. The van der Waals surface area contributed by atoms with Gasteiger partial charge in [-0.3, -0.25) is 0 Å². The first-order valence-electron chi connectivity index (χ1n) is 4.37. The van der Waals surface area contributed by atoms with Gasteiger partial charge in [-0.25, -0.2) is 5.90 Å². The van der Waals surface area contributed by atoms with E-state index >= 15 is 0 Å². The van der Waals surface area contributed by atoms with Crippen LogP contribution >= 0.6 is 11.8 Å². The quantitative estimate of drug-likeness (QED) is 0.732. The Morgan fingerprint density at radius 1 is 1.62 bits per heavy atom. The van der Waals surface area contributed by atoms with E-state index in [9.17, 15) is 0 Å². The van der Waals surface area contributed by atoms with Gasteiger partial charge in [0, 0.05) is 10.1 Å². The Morgan fingerprint density at radius 3 is 3.23 bits per heavy atom. The van der Waals surface area contributed by atoms with E-state index in [2.05, 4.69) is 30.0 Å². The molecule has 0 fully saturated rings. The summed E-state index contributed by atoms with van der Waals surface area (Å²) in [4.78, 5) is 6.05. The van der Waals surface area contributed by atoms with Gasteiger partial charge < -0.3 is 4.84 Å². The SMILES string of the molecule is Cc1ccc2c(c1)CC(CON)S2. The van der Waals surface area contributed by atoms with Crippen molar-refractivity contribution >= 4 is 11.8 Å². The molecule has 0 bridgehead atoms. The van der Waals surface area contributed by atoms with Crippen molar-refractivity contribution in [3.8, 4) is 0 Å². The second-order valence-electron chi connectivity index (χ2n) is 3.39. The largest absolute Gasteiger partial charge is 0.303 e. The van der Waals surface area contributed by atoms with Gasteiger partial charge >= 0.3 is 0 Å². The van der Waals surface area contributed by atoms with E-state index in [-0.39, 0.29) is 0 Å². The number of hydrogen-bond donors (Lipinski definition) is 1. The Kier molecular flexibility index (Phi) is 2.58. The average Bonchev–Trinajstić information content (AvgIpc) is 2.46. The lowest BCUT2D eigenvalue weighted by Crippen LogP contribution is -2.14. The highest BCUT2D eigenvalue weighted by molar-refractivity contribution is 8.00. The highest BCUT2D eigenvalue weighted by Crippen LogP contribution is 2.37. The summed E-state index contributed by atoms with van der Waals surface area (Å²) < 4.78 is 0. The minimum atomic E-state index is 0.502. The summed E-state index contributed by atoms with van der Waals surface area (Å²) in [6, 6.07) is 6.59. The molecule has 0 amide bonds. The van der Waals surface area contributed by atoms with Crippen LogP contribution in [0.1, 0.15) is 11.1 Å². The molecule has 3 heteroatoms. The summed E-state index contributed by atoms with van der Waals surface area (Å²) in [7, 11) is 0. The second-order valence-corrected chi connectivity index (χ2v) is 4.73. The molecule has 2 nitrogen and oxygen atoms in total. The molecule has 13 heavy (non-hydrogen) atoms. The monoisotopic (exact) mass is 195 g/mol. The van der Waals surface area contributed by atoms with Crippen LogP contribution in [0.15, 0.2) is 23.1 Å². The fraction of sp³-hybridized carbons (Fsp3) is 0.400. The number of aryl methyl sites for hydroxylation is 1. The van der Waals surface area contributed by atoms with Crippen molar-refractivity contribution < 1.29 is 4.84 Å². The third-order valence-corrected chi connectivity index (χ3v) is 3.53. The van der Waals surface area contributed by atoms with Gasteiger partial charge in [0.05, 0.1) is 6.61 Å². The molecule has 1 atom stereocenters. The van der Waals surface area contributed by atoms with Crippen LogP contribution in [0.25, 0.3) is 0 Å². The molecule has 1 aromatic rings. The van der Waals surface area contributed by atoms with Crippen LogP contribution < -0.4 is 5.90 Å². The number of hydrogen-bond acceptors (Lipinski definition) is 3. The van der Waals surface area contributed by atoms with Gasteiger partial charge in [-0.05, 0) is 25.0 Å². The van der Waals surface area contributed by atoms with Gasteiger partial charge in [-0.2, -0.15) is 0 Å². The molecule has 2 rings (SSSR count). The average molecular weight is 195 g/mol. The third-order valence-electron chi connectivity index (χ3n) is 2.24. The van der Waals surface area contributed by atoms with Gasteiger partial charge in [0.25, 0.3) is 0 Å². The first-order chi connectivity index (χ1) is 6.29. The van der Waals surface area contributed by atoms with Crippen molar-refractivity contribution in [1.82, 2.24) is 0 Å². The van der Waals surface area contributed by atoms with Crippen LogP contribution in [0.5, 0.6) is 0 Å². The fourth-order valence-corrected chi connectivity index (χ4v) is 2.86. The van der Waals surface area contributed by atoms with Crippen LogP contribution in [0, 0.1) is 6.92 Å². The Labute approximate surface area is 82.4 Å². The van der Waals surface area contributed by atoms with Gasteiger partial charge in [0.1, 0.15) is 0 Å². The molecule has 1 unspecified atom stereocenters. The van der Waals surface area contributed by atoms with E-state index in [4.69, 9.17) is 5.90 Å². The predicted octanol–water partition coefficient (Wildman–Crippen LogP) is 1.90. The van der Waals surface area contributed by atoms with Crippen LogP contribution in [0.3, 0.4) is 0 Å². The van der Waals surface area contributed by atoms with Crippen LogP contribution in [-0.4, -0.2) is 11.9 Å². The van der Waals surface area contributed by atoms with E-state index < -0.39 is 0 Å². The maximum absolute atomic E-state index is 5.06. The summed E-state index contributed by atoms with van der Waals surface area (Å²) in [5, 5.41) is 0.502. The Morgan fingerprint density at radius 2 is 2.46 bits per heavy atom. The van der Waals surface area contributed by atoms with Crippen LogP contribution in [0.2, 0.25) is 0 Å². The fourth-order valence-electron chi connectivity index (χ4n) is 1.65. The van der Waals surface area contributed by atoms with Crippen molar-refractivity contribution in [2.24, 2.45) is 5.90 Å². The van der Waals surface area contributed by atoms with E-state index in [0.717, 1.165) is 6.42 Å². The number of rotatable bonds is 2. The molecule has 0 radical (unpaired) electrons. The van der Waals surface area contributed by atoms with E-state index in [0.29, 0.717) is 11.9 Å². The topological polar surface area (TPSA) is 35.2 Å². The Bertz CT molecular complexity index is 314. The van der Waals surface area contributed by atoms with Crippen molar-refractivity contribution in [2.45, 2.75) is 23.5 Å². The smallest absolute Gasteiger partial charge is 0.0804 e. The lowest BCUT2D eigenvalue weighted by Gasteiger charge is -2.03. The minimum absolute atomic E-state index is 0.502. The summed E-state index contributed by atoms with van der Waals surface area (Å²) in [5.74, 6) is 5.06. The zero-order chi connectivity index (χ0) is 9.26. The molecular weight excluding hydrogens is 182 g/mol. The molecule has 1 aliphatic rings. The predicted molar refractivity (Wildman–Crippen MR) is 54.7 cm³/mol. The molecule has 0 aliphatic carbocycles. The van der Waals surface area contributed by atoms with E-state index in [1.807, 2.05) is 11.8 Å². The molecule has 0 aromatic heterocycles. The molecule has 2 N–H and O–H groups in total. The van der Waals surface area contributed by atoms with Gasteiger partial charge in [-0.15, -0.1) is 11.8 Å². The molecule has 70 valence electrons. The number of benzene rings is 1. The van der Waals surface area contributed by atoms with Crippen molar-refractivity contribution in [3.05, 3.63) is 29.3 Å². The number of thioether (sulfide) groups is 1. The van der Waals surface area contributed by atoms with Gasteiger partial charge in [0.2, 0.25) is 0 Å². The summed E-state index contributed by atoms with van der Waals surface area (Å²) in [6.07, 6.45) is 1.08. The number of nitrogens with two attached hydrogens (primary N) is 1. The number of fused-ring (bicyclic) bond motifs is 1. The summed E-state index contributed by atoms with van der Waals surface area (Å²) in [5.41, 5.74) is 2.76. The molecule has 0 spiro atoms.